The summed E-state index contributed by atoms with van der Waals surface area (Å²) in [5, 5.41) is 0. The molecule has 0 unspecified atom stereocenters. The molecule has 0 saturated carbocycles. The molecule has 0 radical (unpaired) electrons. The number of rotatable bonds is 4. The van der Waals surface area contributed by atoms with Crippen LogP contribution >= 0.6 is 0 Å². The minimum absolute atomic E-state index is 0.0946. The fourth-order valence-corrected chi connectivity index (χ4v) is 2.03. The van der Waals surface area contributed by atoms with Gasteiger partial charge < -0.3 is 14.4 Å². The lowest BCUT2D eigenvalue weighted by molar-refractivity contribution is -0.132. The summed E-state index contributed by atoms with van der Waals surface area (Å²) in [7, 11) is 0. The van der Waals surface area contributed by atoms with E-state index in [9.17, 15) is 9.59 Å². The van der Waals surface area contributed by atoms with Crippen molar-refractivity contribution in [2.75, 3.05) is 13.2 Å². The van der Waals surface area contributed by atoms with Crippen molar-refractivity contribution in [2.24, 2.45) is 0 Å². The van der Waals surface area contributed by atoms with Gasteiger partial charge >= 0.3 is 0 Å². The molecular formula is C14H17NO3. The van der Waals surface area contributed by atoms with Gasteiger partial charge in [-0.3, -0.25) is 4.79 Å². The standard InChI is InChI=1S/C14H17NO3/c16-9-4-3-7-14(17)15-8-10-18-13-6-2-1-5-12(13)11-15/h1-2,5-6,9H,3-4,7-8,10-11H2. The SMILES string of the molecule is O=CCCCC(=O)N1CCOc2ccccc2C1. The first-order chi connectivity index (χ1) is 8.81. The van der Waals surface area contributed by atoms with E-state index in [0.29, 0.717) is 39.0 Å². The Morgan fingerprint density at radius 3 is 3.06 bits per heavy atom. The first-order valence-electron chi connectivity index (χ1n) is 6.23. The highest BCUT2D eigenvalue weighted by molar-refractivity contribution is 5.76. The zero-order valence-electron chi connectivity index (χ0n) is 10.3. The number of aldehydes is 1. The smallest absolute Gasteiger partial charge is 0.223 e. The number of nitrogens with zero attached hydrogens (tertiary/aromatic N) is 1. The summed E-state index contributed by atoms with van der Waals surface area (Å²) in [6.07, 6.45) is 2.36. The van der Waals surface area contributed by atoms with E-state index in [-0.39, 0.29) is 5.91 Å². The van der Waals surface area contributed by atoms with Crippen LogP contribution in [0.5, 0.6) is 5.75 Å². The van der Waals surface area contributed by atoms with Gasteiger partial charge in [-0.1, -0.05) is 18.2 Å². The summed E-state index contributed by atoms with van der Waals surface area (Å²) < 4.78 is 5.60. The van der Waals surface area contributed by atoms with Gasteiger partial charge in [0.1, 0.15) is 18.6 Å². The molecule has 18 heavy (non-hydrogen) atoms. The predicted octanol–water partition coefficient (Wildman–Crippen LogP) is 1.78. The summed E-state index contributed by atoms with van der Waals surface area (Å²) in [6.45, 7) is 1.72. The van der Waals surface area contributed by atoms with Crippen molar-refractivity contribution >= 4 is 12.2 Å². The highest BCUT2D eigenvalue weighted by Crippen LogP contribution is 2.22. The summed E-state index contributed by atoms with van der Waals surface area (Å²) in [6, 6.07) is 7.78. The van der Waals surface area contributed by atoms with Crippen molar-refractivity contribution in [1.82, 2.24) is 4.90 Å². The van der Waals surface area contributed by atoms with Crippen molar-refractivity contribution in [3.63, 3.8) is 0 Å². The Balaban J connectivity index is 1.99. The van der Waals surface area contributed by atoms with Crippen LogP contribution < -0.4 is 4.74 Å². The Labute approximate surface area is 107 Å². The van der Waals surface area contributed by atoms with Gasteiger partial charge in [-0.25, -0.2) is 0 Å². The fraction of sp³-hybridized carbons (Fsp3) is 0.429. The Morgan fingerprint density at radius 2 is 2.22 bits per heavy atom. The summed E-state index contributed by atoms with van der Waals surface area (Å²) in [5.41, 5.74) is 1.04. The molecule has 1 aromatic carbocycles. The second kappa shape index (κ2) is 6.19. The molecule has 2 rings (SSSR count). The molecule has 0 bridgehead atoms. The summed E-state index contributed by atoms with van der Waals surface area (Å²) in [5.74, 6) is 0.956. The van der Waals surface area contributed by atoms with Crippen LogP contribution in [0.25, 0.3) is 0 Å². The lowest BCUT2D eigenvalue weighted by atomic mass is 10.1. The molecule has 0 aliphatic carbocycles. The van der Waals surface area contributed by atoms with Gasteiger partial charge in [-0.2, -0.15) is 0 Å². The monoisotopic (exact) mass is 247 g/mol. The van der Waals surface area contributed by atoms with E-state index in [0.717, 1.165) is 17.6 Å². The van der Waals surface area contributed by atoms with Crippen LogP contribution in [0.15, 0.2) is 24.3 Å². The molecule has 4 heteroatoms. The zero-order valence-corrected chi connectivity index (χ0v) is 10.3. The van der Waals surface area contributed by atoms with Gasteiger partial charge in [0.2, 0.25) is 5.91 Å². The molecule has 1 aliphatic rings. The van der Waals surface area contributed by atoms with Gasteiger partial charge in [0.15, 0.2) is 0 Å². The first-order valence-corrected chi connectivity index (χ1v) is 6.23. The largest absolute Gasteiger partial charge is 0.491 e. The number of carbonyl (C=O) groups excluding carboxylic acids is 2. The fourth-order valence-electron chi connectivity index (χ4n) is 2.03. The number of para-hydroxylation sites is 1. The van der Waals surface area contributed by atoms with Gasteiger partial charge in [-0.15, -0.1) is 0 Å². The number of ether oxygens (including phenoxy) is 1. The molecule has 0 atom stereocenters. The number of carbonyl (C=O) groups is 2. The number of unbranched alkanes of at least 4 members (excludes halogenated alkanes) is 1. The average molecular weight is 247 g/mol. The van der Waals surface area contributed by atoms with Crippen LogP contribution in [-0.4, -0.2) is 30.2 Å². The van der Waals surface area contributed by atoms with E-state index in [1.54, 1.807) is 4.90 Å². The average Bonchev–Trinajstić information content (AvgIpc) is 2.61. The third-order valence-electron chi connectivity index (χ3n) is 3.02. The number of hydrogen-bond acceptors (Lipinski definition) is 3. The van der Waals surface area contributed by atoms with E-state index in [2.05, 4.69) is 0 Å². The molecule has 96 valence electrons. The van der Waals surface area contributed by atoms with Crippen LogP contribution in [0, 0.1) is 0 Å². The third kappa shape index (κ3) is 3.09. The van der Waals surface area contributed by atoms with E-state index in [1.807, 2.05) is 24.3 Å². The van der Waals surface area contributed by atoms with E-state index < -0.39 is 0 Å². The Kier molecular flexibility index (Phi) is 4.34. The number of hydrogen-bond donors (Lipinski definition) is 0. The molecule has 0 saturated heterocycles. The summed E-state index contributed by atoms with van der Waals surface area (Å²) >= 11 is 0. The van der Waals surface area contributed by atoms with Gasteiger partial charge in [-0.05, 0) is 12.5 Å². The molecule has 4 nitrogen and oxygen atoms in total. The van der Waals surface area contributed by atoms with Crippen molar-refractivity contribution in [1.29, 1.82) is 0 Å². The second-order valence-corrected chi connectivity index (χ2v) is 4.33. The molecule has 0 fully saturated rings. The molecule has 1 amide bonds. The maximum Gasteiger partial charge on any atom is 0.223 e. The normalized spacial score (nSPS) is 14.3. The van der Waals surface area contributed by atoms with Crippen LogP contribution in [0.3, 0.4) is 0 Å². The highest BCUT2D eigenvalue weighted by atomic mass is 16.5. The maximum atomic E-state index is 12.0. The molecule has 1 aliphatic heterocycles. The van der Waals surface area contributed by atoms with Crippen molar-refractivity contribution in [3.8, 4) is 5.75 Å². The van der Waals surface area contributed by atoms with Crippen molar-refractivity contribution < 1.29 is 14.3 Å². The van der Waals surface area contributed by atoms with Gasteiger partial charge in [0, 0.05) is 24.9 Å². The Hall–Kier alpha value is -1.84. The summed E-state index contributed by atoms with van der Waals surface area (Å²) in [4.78, 5) is 24.0. The molecule has 1 aromatic rings. The number of benzene rings is 1. The highest BCUT2D eigenvalue weighted by Gasteiger charge is 2.18. The number of amides is 1. The second-order valence-electron chi connectivity index (χ2n) is 4.33. The van der Waals surface area contributed by atoms with E-state index in [1.165, 1.54) is 0 Å². The lowest BCUT2D eigenvalue weighted by Crippen LogP contribution is -2.32. The molecular weight excluding hydrogens is 230 g/mol. The Morgan fingerprint density at radius 1 is 1.39 bits per heavy atom. The molecule has 0 aromatic heterocycles. The Bertz CT molecular complexity index is 431. The van der Waals surface area contributed by atoms with E-state index in [4.69, 9.17) is 4.74 Å². The van der Waals surface area contributed by atoms with E-state index >= 15 is 0 Å². The van der Waals surface area contributed by atoms with Crippen LogP contribution in [0.4, 0.5) is 0 Å². The topological polar surface area (TPSA) is 46.6 Å². The van der Waals surface area contributed by atoms with Gasteiger partial charge in [0.25, 0.3) is 0 Å². The quantitative estimate of drug-likeness (QED) is 0.602. The molecule has 0 spiro atoms. The molecule has 0 N–H and O–H groups in total. The molecule has 1 heterocycles. The predicted molar refractivity (Wildman–Crippen MR) is 67.3 cm³/mol. The number of fused-ring (bicyclic) bond motifs is 1. The van der Waals surface area contributed by atoms with Crippen LogP contribution in [0.2, 0.25) is 0 Å². The van der Waals surface area contributed by atoms with Gasteiger partial charge in [0.05, 0.1) is 6.54 Å². The maximum absolute atomic E-state index is 12.0. The minimum atomic E-state index is 0.0946. The first kappa shape index (κ1) is 12.6. The minimum Gasteiger partial charge on any atom is -0.491 e. The van der Waals surface area contributed by atoms with Crippen LogP contribution in [-0.2, 0) is 16.1 Å². The third-order valence-corrected chi connectivity index (χ3v) is 3.02. The lowest BCUT2D eigenvalue weighted by Gasteiger charge is -2.19. The van der Waals surface area contributed by atoms with Crippen molar-refractivity contribution in [2.45, 2.75) is 25.8 Å². The van der Waals surface area contributed by atoms with Crippen LogP contribution in [0.1, 0.15) is 24.8 Å². The van der Waals surface area contributed by atoms with Crippen molar-refractivity contribution in [3.05, 3.63) is 29.8 Å². The zero-order chi connectivity index (χ0) is 12.8.